The van der Waals surface area contributed by atoms with Gasteiger partial charge in [-0.25, -0.2) is 9.59 Å². The summed E-state index contributed by atoms with van der Waals surface area (Å²) in [6, 6.07) is -0.595. The lowest BCUT2D eigenvalue weighted by Crippen LogP contribution is -2.52. The Morgan fingerprint density at radius 2 is 2.00 bits per heavy atom. The summed E-state index contributed by atoms with van der Waals surface area (Å²) in [5.74, 6) is -0.174. The van der Waals surface area contributed by atoms with Crippen molar-refractivity contribution in [2.75, 3.05) is 20.2 Å². The zero-order valence-corrected chi connectivity index (χ0v) is 12.1. The normalized spacial score (nSPS) is 23.9. The van der Waals surface area contributed by atoms with Crippen molar-refractivity contribution in [3.8, 4) is 0 Å². The average molecular weight is 272 g/mol. The number of ether oxygens (including phenoxy) is 2. The molecule has 1 saturated heterocycles. The van der Waals surface area contributed by atoms with Crippen molar-refractivity contribution in [2.45, 2.75) is 45.3 Å². The number of amides is 1. The molecular weight excluding hydrogens is 248 g/mol. The summed E-state index contributed by atoms with van der Waals surface area (Å²) in [6.07, 6.45) is 0.837. The van der Waals surface area contributed by atoms with E-state index in [1.54, 1.807) is 20.8 Å². The molecule has 6 heteroatoms. The van der Waals surface area contributed by atoms with E-state index in [9.17, 15) is 9.59 Å². The number of methoxy groups -OCH3 is 1. The number of nitrogens with zero attached hydrogens (tertiary/aromatic N) is 1. The first kappa shape index (κ1) is 15.8. The second-order valence-electron chi connectivity index (χ2n) is 5.84. The molecular formula is C13H24N2O4. The van der Waals surface area contributed by atoms with Crippen LogP contribution in [-0.4, -0.2) is 48.8 Å². The van der Waals surface area contributed by atoms with Crippen LogP contribution in [0.3, 0.4) is 0 Å². The molecule has 1 fully saturated rings. The van der Waals surface area contributed by atoms with Gasteiger partial charge in [-0.3, -0.25) is 4.90 Å². The first-order valence-corrected chi connectivity index (χ1v) is 6.56. The summed E-state index contributed by atoms with van der Waals surface area (Å²) in [4.78, 5) is 25.3. The fourth-order valence-electron chi connectivity index (χ4n) is 2.15. The molecule has 0 unspecified atom stereocenters. The van der Waals surface area contributed by atoms with Gasteiger partial charge in [-0.2, -0.15) is 0 Å². The third kappa shape index (κ3) is 4.38. The SMILES string of the molecule is COC(=O)[C@H]1C[C@H](CN)CCN1C(=O)OC(C)(C)C. The van der Waals surface area contributed by atoms with Gasteiger partial charge in [0.2, 0.25) is 0 Å². The van der Waals surface area contributed by atoms with Crippen molar-refractivity contribution >= 4 is 12.1 Å². The Balaban J connectivity index is 2.79. The summed E-state index contributed by atoms with van der Waals surface area (Å²) < 4.78 is 10.1. The summed E-state index contributed by atoms with van der Waals surface area (Å²) in [5, 5.41) is 0. The fraction of sp³-hybridized carbons (Fsp3) is 0.846. The minimum atomic E-state index is -0.595. The van der Waals surface area contributed by atoms with Gasteiger partial charge in [-0.1, -0.05) is 0 Å². The van der Waals surface area contributed by atoms with Crippen LogP contribution in [0.25, 0.3) is 0 Å². The standard InChI is InChI=1S/C13H24N2O4/c1-13(2,3)19-12(17)15-6-5-9(8-14)7-10(15)11(16)18-4/h9-10H,5-8,14H2,1-4H3/t9-,10-/m1/s1. The third-order valence-electron chi connectivity index (χ3n) is 3.15. The smallest absolute Gasteiger partial charge is 0.411 e. The fourth-order valence-corrected chi connectivity index (χ4v) is 2.15. The molecule has 0 bridgehead atoms. The zero-order chi connectivity index (χ0) is 14.6. The molecule has 0 aromatic rings. The predicted molar refractivity (Wildman–Crippen MR) is 70.5 cm³/mol. The molecule has 1 aliphatic rings. The molecule has 6 nitrogen and oxygen atoms in total. The lowest BCUT2D eigenvalue weighted by Gasteiger charge is -2.38. The maximum atomic E-state index is 12.1. The van der Waals surface area contributed by atoms with Crippen LogP contribution in [0, 0.1) is 5.92 Å². The van der Waals surface area contributed by atoms with Crippen molar-refractivity contribution < 1.29 is 19.1 Å². The minimum Gasteiger partial charge on any atom is -0.467 e. The lowest BCUT2D eigenvalue weighted by molar-refractivity contribution is -0.148. The summed E-state index contributed by atoms with van der Waals surface area (Å²) in [6.45, 7) is 6.37. The van der Waals surface area contributed by atoms with Gasteiger partial charge in [0, 0.05) is 6.54 Å². The van der Waals surface area contributed by atoms with Gasteiger partial charge < -0.3 is 15.2 Å². The monoisotopic (exact) mass is 272 g/mol. The van der Waals surface area contributed by atoms with Crippen molar-refractivity contribution in [1.29, 1.82) is 0 Å². The van der Waals surface area contributed by atoms with Crippen LogP contribution < -0.4 is 5.73 Å². The Kier molecular flexibility index (Phi) is 5.17. The summed E-state index contributed by atoms with van der Waals surface area (Å²) in [5.41, 5.74) is 5.06. The minimum absolute atomic E-state index is 0.239. The largest absolute Gasteiger partial charge is 0.467 e. The Morgan fingerprint density at radius 3 is 2.47 bits per heavy atom. The number of piperidine rings is 1. The van der Waals surface area contributed by atoms with Crippen molar-refractivity contribution in [3.05, 3.63) is 0 Å². The quantitative estimate of drug-likeness (QED) is 0.762. The van der Waals surface area contributed by atoms with E-state index in [2.05, 4.69) is 0 Å². The van der Waals surface area contributed by atoms with Crippen LogP contribution in [-0.2, 0) is 14.3 Å². The molecule has 0 aliphatic carbocycles. The Bertz CT molecular complexity index is 338. The molecule has 19 heavy (non-hydrogen) atoms. The molecule has 0 aromatic heterocycles. The van der Waals surface area contributed by atoms with Crippen LogP contribution in [0.5, 0.6) is 0 Å². The van der Waals surface area contributed by atoms with E-state index in [0.717, 1.165) is 6.42 Å². The number of esters is 1. The highest BCUT2D eigenvalue weighted by Gasteiger charge is 2.38. The number of hydrogen-bond acceptors (Lipinski definition) is 5. The molecule has 1 amide bonds. The second kappa shape index (κ2) is 6.23. The zero-order valence-electron chi connectivity index (χ0n) is 12.1. The van der Waals surface area contributed by atoms with Crippen LogP contribution >= 0.6 is 0 Å². The summed E-state index contributed by atoms with van der Waals surface area (Å²) in [7, 11) is 1.32. The summed E-state index contributed by atoms with van der Waals surface area (Å²) >= 11 is 0. The maximum absolute atomic E-state index is 12.1. The molecule has 2 N–H and O–H groups in total. The second-order valence-corrected chi connectivity index (χ2v) is 5.84. The van der Waals surface area contributed by atoms with Crippen LogP contribution in [0.1, 0.15) is 33.6 Å². The molecule has 1 heterocycles. The van der Waals surface area contributed by atoms with Gasteiger partial charge in [0.05, 0.1) is 7.11 Å². The van der Waals surface area contributed by atoms with E-state index in [0.29, 0.717) is 19.5 Å². The van der Waals surface area contributed by atoms with E-state index in [4.69, 9.17) is 15.2 Å². The number of nitrogens with two attached hydrogens (primary N) is 1. The van der Waals surface area contributed by atoms with E-state index >= 15 is 0 Å². The van der Waals surface area contributed by atoms with Crippen molar-refractivity contribution in [3.63, 3.8) is 0 Å². The van der Waals surface area contributed by atoms with Gasteiger partial charge in [0.1, 0.15) is 11.6 Å². The van der Waals surface area contributed by atoms with Gasteiger partial charge in [0.15, 0.2) is 0 Å². The van der Waals surface area contributed by atoms with Gasteiger partial charge in [-0.05, 0) is 46.1 Å². The number of carbonyl (C=O) groups excluding carboxylic acids is 2. The van der Waals surface area contributed by atoms with Crippen LogP contribution in [0.15, 0.2) is 0 Å². The maximum Gasteiger partial charge on any atom is 0.411 e. The number of carbonyl (C=O) groups is 2. The van der Waals surface area contributed by atoms with Crippen LogP contribution in [0.4, 0.5) is 4.79 Å². The first-order chi connectivity index (χ1) is 8.78. The Labute approximate surface area is 114 Å². The lowest BCUT2D eigenvalue weighted by atomic mass is 9.91. The van der Waals surface area contributed by atoms with E-state index in [1.807, 2.05) is 0 Å². The highest BCUT2D eigenvalue weighted by Crippen LogP contribution is 2.25. The van der Waals surface area contributed by atoms with Crippen molar-refractivity contribution in [1.82, 2.24) is 4.90 Å². The van der Waals surface area contributed by atoms with Gasteiger partial charge in [-0.15, -0.1) is 0 Å². The third-order valence-corrected chi connectivity index (χ3v) is 3.15. The topological polar surface area (TPSA) is 81.9 Å². The Morgan fingerprint density at radius 1 is 1.37 bits per heavy atom. The molecule has 0 saturated carbocycles. The molecule has 2 atom stereocenters. The van der Waals surface area contributed by atoms with Crippen LogP contribution in [0.2, 0.25) is 0 Å². The molecule has 0 aromatic carbocycles. The molecule has 1 rings (SSSR count). The van der Waals surface area contributed by atoms with E-state index in [1.165, 1.54) is 12.0 Å². The molecule has 110 valence electrons. The van der Waals surface area contributed by atoms with Gasteiger partial charge in [0.25, 0.3) is 0 Å². The molecule has 0 radical (unpaired) electrons. The Hall–Kier alpha value is -1.30. The van der Waals surface area contributed by atoms with Gasteiger partial charge >= 0.3 is 12.1 Å². The average Bonchev–Trinajstić information content (AvgIpc) is 2.35. The van der Waals surface area contributed by atoms with E-state index in [-0.39, 0.29) is 5.92 Å². The highest BCUT2D eigenvalue weighted by molar-refractivity contribution is 5.81. The highest BCUT2D eigenvalue weighted by atomic mass is 16.6. The molecule has 0 spiro atoms. The number of likely N-dealkylation sites (tertiary alicyclic amines) is 1. The van der Waals surface area contributed by atoms with E-state index < -0.39 is 23.7 Å². The predicted octanol–water partition coefficient (Wildman–Crippen LogP) is 1.13. The first-order valence-electron chi connectivity index (χ1n) is 6.56. The number of hydrogen-bond donors (Lipinski definition) is 1. The van der Waals surface area contributed by atoms with Crippen molar-refractivity contribution in [2.24, 2.45) is 11.7 Å². The molecule has 1 aliphatic heterocycles. The number of rotatable bonds is 2.